The molecule has 0 spiro atoms. The van der Waals surface area contributed by atoms with Gasteiger partial charge in [0.25, 0.3) is 0 Å². The second-order valence-corrected chi connectivity index (χ2v) is 15.2. The fourth-order valence-electron chi connectivity index (χ4n) is 6.36. The molecule has 8 nitrogen and oxygen atoms in total. The lowest BCUT2D eigenvalue weighted by atomic mass is 10.0. The van der Waals surface area contributed by atoms with Crippen LogP contribution in [0.2, 0.25) is 0 Å². The smallest absolute Gasteiger partial charge is 0.339 e. The number of carbonyl (C=O) groups excluding carboxylic acids is 4. The van der Waals surface area contributed by atoms with Gasteiger partial charge >= 0.3 is 23.9 Å². The molecule has 0 amide bonds. The van der Waals surface area contributed by atoms with E-state index < -0.39 is 23.9 Å². The Bertz CT molecular complexity index is 1160. The van der Waals surface area contributed by atoms with E-state index in [1.54, 1.807) is 48.5 Å². The molecule has 0 bridgehead atoms. The minimum Gasteiger partial charge on any atom is -0.462 e. The van der Waals surface area contributed by atoms with Gasteiger partial charge in [0, 0.05) is 0 Å². The number of esters is 4. The van der Waals surface area contributed by atoms with Gasteiger partial charge in [0.05, 0.1) is 48.7 Å². The van der Waals surface area contributed by atoms with Crippen LogP contribution in [0.1, 0.15) is 200 Å². The van der Waals surface area contributed by atoms with Gasteiger partial charge < -0.3 is 18.9 Å². The molecule has 0 fully saturated rings. The summed E-state index contributed by atoms with van der Waals surface area (Å²) in [6.07, 6.45) is 17.2. The highest BCUT2D eigenvalue weighted by molar-refractivity contribution is 6.03. The molecule has 4 atom stereocenters. The number of rotatable bonds is 28. The fourth-order valence-corrected chi connectivity index (χ4v) is 6.36. The standard InChI is InChI=1S/2C24H38O4/c2*1-5-9-13-19(7-3)17-27-23(25)21-15-11-12-16-22(21)24(26)28-18-20(8-4)14-10-6-2/h2*11-12,15-16,19-20H,5-10,13-14,17-18H2,1-4H3. The summed E-state index contributed by atoms with van der Waals surface area (Å²) in [7, 11) is 0. The summed E-state index contributed by atoms with van der Waals surface area (Å²) in [5.74, 6) is -0.306. The van der Waals surface area contributed by atoms with Gasteiger partial charge in [0.2, 0.25) is 0 Å². The highest BCUT2D eigenvalue weighted by atomic mass is 16.5. The van der Waals surface area contributed by atoms with Crippen LogP contribution < -0.4 is 0 Å². The van der Waals surface area contributed by atoms with E-state index in [-0.39, 0.29) is 0 Å². The summed E-state index contributed by atoms with van der Waals surface area (Å²) in [5.41, 5.74) is 1.16. The Kier molecular flexibility index (Phi) is 28.2. The minimum atomic E-state index is -0.444. The largest absolute Gasteiger partial charge is 0.462 e. The molecular formula is C48H76O8. The molecular weight excluding hydrogens is 705 g/mol. The molecule has 2 aromatic rings. The maximum absolute atomic E-state index is 12.6. The van der Waals surface area contributed by atoms with Crippen LogP contribution in [-0.2, 0) is 18.9 Å². The normalized spacial score (nSPS) is 13.0. The summed E-state index contributed by atoms with van der Waals surface area (Å²) in [5, 5.41) is 0. The van der Waals surface area contributed by atoms with Crippen LogP contribution >= 0.6 is 0 Å². The predicted molar refractivity (Wildman–Crippen MR) is 227 cm³/mol. The van der Waals surface area contributed by atoms with E-state index in [1.807, 2.05) is 0 Å². The van der Waals surface area contributed by atoms with Gasteiger partial charge in [-0.3, -0.25) is 0 Å². The molecule has 0 aliphatic rings. The molecule has 2 aromatic carbocycles. The van der Waals surface area contributed by atoms with Crippen molar-refractivity contribution in [3.63, 3.8) is 0 Å². The molecule has 0 radical (unpaired) electrons. The fraction of sp³-hybridized carbons (Fsp3) is 0.667. The summed E-state index contributed by atoms with van der Waals surface area (Å²) in [6, 6.07) is 13.5. The van der Waals surface area contributed by atoms with Crippen molar-refractivity contribution in [2.45, 2.75) is 158 Å². The second kappa shape index (κ2) is 31.4. The zero-order valence-corrected chi connectivity index (χ0v) is 36.3. The molecule has 0 aliphatic carbocycles. The molecule has 4 unspecified atom stereocenters. The highest BCUT2D eigenvalue weighted by Gasteiger charge is 2.23. The van der Waals surface area contributed by atoms with Crippen molar-refractivity contribution in [3.05, 3.63) is 70.8 Å². The Morgan fingerprint density at radius 2 is 0.571 bits per heavy atom. The number of benzene rings is 2. The summed E-state index contributed by atoms with van der Waals surface area (Å²) in [4.78, 5) is 50.3. The molecule has 0 saturated carbocycles. The minimum absolute atomic E-state index is 0.291. The average molecular weight is 781 g/mol. The van der Waals surface area contributed by atoms with Crippen molar-refractivity contribution >= 4 is 23.9 Å². The topological polar surface area (TPSA) is 105 Å². The first-order chi connectivity index (χ1) is 27.1. The van der Waals surface area contributed by atoms with Crippen LogP contribution in [0, 0.1) is 23.7 Å². The Hall–Kier alpha value is -3.68. The summed E-state index contributed by atoms with van der Waals surface area (Å²) in [6.45, 7) is 18.7. The van der Waals surface area contributed by atoms with Crippen molar-refractivity contribution in [2.75, 3.05) is 26.4 Å². The number of carbonyl (C=O) groups is 4. The van der Waals surface area contributed by atoms with Gasteiger partial charge in [-0.2, -0.15) is 0 Å². The molecule has 0 aromatic heterocycles. The second-order valence-electron chi connectivity index (χ2n) is 15.2. The van der Waals surface area contributed by atoms with Gasteiger partial charge in [0.1, 0.15) is 0 Å². The van der Waals surface area contributed by atoms with E-state index in [4.69, 9.17) is 18.9 Å². The van der Waals surface area contributed by atoms with Crippen LogP contribution in [0.15, 0.2) is 48.5 Å². The Morgan fingerprint density at radius 1 is 0.375 bits per heavy atom. The van der Waals surface area contributed by atoms with Crippen molar-refractivity contribution in [2.24, 2.45) is 23.7 Å². The quantitative estimate of drug-likeness (QED) is 0.0621. The zero-order valence-electron chi connectivity index (χ0n) is 36.3. The van der Waals surface area contributed by atoms with Crippen molar-refractivity contribution in [1.82, 2.24) is 0 Å². The zero-order chi connectivity index (χ0) is 41.6. The molecule has 0 N–H and O–H groups in total. The van der Waals surface area contributed by atoms with Gasteiger partial charge in [0.15, 0.2) is 0 Å². The van der Waals surface area contributed by atoms with E-state index in [0.29, 0.717) is 72.4 Å². The van der Waals surface area contributed by atoms with Crippen LogP contribution in [0.5, 0.6) is 0 Å². The Morgan fingerprint density at radius 3 is 0.732 bits per heavy atom. The van der Waals surface area contributed by atoms with E-state index in [0.717, 1.165) is 103 Å². The average Bonchev–Trinajstić information content (AvgIpc) is 3.23. The highest BCUT2D eigenvalue weighted by Crippen LogP contribution is 2.20. The number of hydrogen-bond acceptors (Lipinski definition) is 8. The molecule has 0 heterocycles. The lowest BCUT2D eigenvalue weighted by molar-refractivity contribution is 0.0381. The van der Waals surface area contributed by atoms with Crippen molar-refractivity contribution < 1.29 is 38.1 Å². The first-order valence-electron chi connectivity index (χ1n) is 22.0. The van der Waals surface area contributed by atoms with E-state index in [9.17, 15) is 19.2 Å². The Labute approximate surface area is 340 Å². The lowest BCUT2D eigenvalue weighted by Crippen LogP contribution is -2.19. The third kappa shape index (κ3) is 20.0. The molecule has 316 valence electrons. The Balaban J connectivity index is 0.000000560. The summed E-state index contributed by atoms with van der Waals surface area (Å²) < 4.78 is 22.1. The maximum Gasteiger partial charge on any atom is 0.339 e. The van der Waals surface area contributed by atoms with Crippen molar-refractivity contribution in [3.8, 4) is 0 Å². The van der Waals surface area contributed by atoms with Crippen LogP contribution in [0.25, 0.3) is 0 Å². The van der Waals surface area contributed by atoms with E-state index in [2.05, 4.69) is 55.4 Å². The number of ether oxygens (including phenoxy) is 4. The monoisotopic (exact) mass is 781 g/mol. The lowest BCUT2D eigenvalue weighted by Gasteiger charge is -2.17. The van der Waals surface area contributed by atoms with Gasteiger partial charge in [-0.05, 0) is 73.6 Å². The molecule has 0 saturated heterocycles. The number of hydrogen-bond donors (Lipinski definition) is 0. The first kappa shape index (κ1) is 50.3. The molecule has 2 rings (SSSR count). The first-order valence-corrected chi connectivity index (χ1v) is 22.0. The number of unbranched alkanes of at least 4 members (excludes halogenated alkanes) is 4. The summed E-state index contributed by atoms with van der Waals surface area (Å²) >= 11 is 0. The van der Waals surface area contributed by atoms with Gasteiger partial charge in [-0.15, -0.1) is 0 Å². The van der Waals surface area contributed by atoms with E-state index in [1.165, 1.54) is 0 Å². The molecule has 0 aliphatic heterocycles. The SMILES string of the molecule is CCCCC(CC)COC(=O)c1ccccc1C(=O)OCC(CC)CCCC.CCCCC(CC)COC(=O)c1ccccc1C(=O)OCC(CC)CCCC. The van der Waals surface area contributed by atoms with Crippen LogP contribution in [0.4, 0.5) is 0 Å². The maximum atomic E-state index is 12.6. The predicted octanol–water partition coefficient (Wildman–Crippen LogP) is 12.9. The van der Waals surface area contributed by atoms with Crippen molar-refractivity contribution in [1.29, 1.82) is 0 Å². The third-order valence-electron chi connectivity index (χ3n) is 10.7. The van der Waals surface area contributed by atoms with Crippen LogP contribution in [-0.4, -0.2) is 50.3 Å². The van der Waals surface area contributed by atoms with Gasteiger partial charge in [-0.25, -0.2) is 19.2 Å². The van der Waals surface area contributed by atoms with Crippen LogP contribution in [0.3, 0.4) is 0 Å². The third-order valence-corrected chi connectivity index (χ3v) is 10.7. The van der Waals surface area contributed by atoms with E-state index >= 15 is 0 Å². The molecule has 8 heteroatoms. The molecule has 56 heavy (non-hydrogen) atoms. The van der Waals surface area contributed by atoms with Gasteiger partial charge in [-0.1, -0.05) is 157 Å².